The number of hydrogen-bond acceptors (Lipinski definition) is 6. The summed E-state index contributed by atoms with van der Waals surface area (Å²) in [7, 11) is 3.32. The number of halogens is 1. The van der Waals surface area contributed by atoms with Crippen LogP contribution in [0.5, 0.6) is 0 Å². The second-order valence-electron chi connectivity index (χ2n) is 6.84. The van der Waals surface area contributed by atoms with Gasteiger partial charge in [0.05, 0.1) is 16.3 Å². The molecule has 2 aromatic heterocycles. The standard InChI is InChI=1S/C22H18FN5O2S2/c1-27(2)22(30)32-17-7-4-3-6-16(17)24-21(29)19-25-20(18-8-5-13-31-18)28(26-19)15-11-9-14(23)10-12-15/h3-13H,1-2H3,(H,24,29). The molecule has 32 heavy (non-hydrogen) atoms. The van der Waals surface area contributed by atoms with E-state index in [2.05, 4.69) is 15.4 Å². The summed E-state index contributed by atoms with van der Waals surface area (Å²) in [6, 6.07) is 16.5. The molecule has 0 radical (unpaired) electrons. The summed E-state index contributed by atoms with van der Waals surface area (Å²) in [5, 5.41) is 8.90. The zero-order valence-corrected chi connectivity index (χ0v) is 18.8. The van der Waals surface area contributed by atoms with Crippen LogP contribution in [0.15, 0.2) is 70.9 Å². The van der Waals surface area contributed by atoms with Gasteiger partial charge in [-0.15, -0.1) is 16.4 Å². The van der Waals surface area contributed by atoms with Crippen LogP contribution in [0.25, 0.3) is 16.4 Å². The van der Waals surface area contributed by atoms with Gasteiger partial charge in [0.15, 0.2) is 5.82 Å². The zero-order valence-electron chi connectivity index (χ0n) is 17.2. The van der Waals surface area contributed by atoms with Crippen LogP contribution in [0.4, 0.5) is 14.9 Å². The minimum atomic E-state index is -0.519. The number of nitrogens with zero attached hydrogens (tertiary/aromatic N) is 4. The van der Waals surface area contributed by atoms with Gasteiger partial charge >= 0.3 is 0 Å². The molecule has 2 amide bonds. The first kappa shape index (κ1) is 21.7. The fraction of sp³-hybridized carbons (Fsp3) is 0.0909. The molecule has 0 saturated heterocycles. The number of thioether (sulfide) groups is 1. The Kier molecular flexibility index (Phi) is 6.33. The number of thiophene rings is 1. The van der Waals surface area contributed by atoms with Crippen LogP contribution in [-0.4, -0.2) is 44.9 Å². The van der Waals surface area contributed by atoms with Crippen molar-refractivity contribution < 1.29 is 14.0 Å². The number of hydrogen-bond donors (Lipinski definition) is 1. The number of anilines is 1. The Morgan fingerprint density at radius 3 is 2.50 bits per heavy atom. The molecule has 0 aliphatic carbocycles. The molecule has 0 aliphatic heterocycles. The summed E-state index contributed by atoms with van der Waals surface area (Å²) in [5.41, 5.74) is 1.06. The average molecular weight is 468 g/mol. The topological polar surface area (TPSA) is 80.1 Å². The SMILES string of the molecule is CN(C)C(=O)Sc1ccccc1NC(=O)c1nc(-c2cccs2)n(-c2ccc(F)cc2)n1. The van der Waals surface area contributed by atoms with Crippen molar-refractivity contribution in [3.8, 4) is 16.4 Å². The quantitative estimate of drug-likeness (QED) is 0.410. The molecule has 4 rings (SSSR count). The van der Waals surface area contributed by atoms with E-state index in [4.69, 9.17) is 0 Å². The number of aromatic nitrogens is 3. The van der Waals surface area contributed by atoms with Crippen molar-refractivity contribution in [1.29, 1.82) is 0 Å². The molecule has 2 heterocycles. The predicted molar refractivity (Wildman–Crippen MR) is 124 cm³/mol. The van der Waals surface area contributed by atoms with Crippen LogP contribution in [-0.2, 0) is 0 Å². The Morgan fingerprint density at radius 2 is 1.81 bits per heavy atom. The smallest absolute Gasteiger partial charge is 0.295 e. The second kappa shape index (κ2) is 9.33. The molecular formula is C22H18FN5O2S2. The highest BCUT2D eigenvalue weighted by Gasteiger charge is 2.21. The Morgan fingerprint density at radius 1 is 1.06 bits per heavy atom. The Labute approximate surface area is 191 Å². The molecule has 0 saturated carbocycles. The fourth-order valence-corrected chi connectivity index (χ4v) is 4.20. The molecule has 0 bridgehead atoms. The molecule has 0 unspecified atom stereocenters. The van der Waals surface area contributed by atoms with Crippen molar-refractivity contribution in [3.05, 3.63) is 77.7 Å². The van der Waals surface area contributed by atoms with Crippen LogP contribution in [0, 0.1) is 5.82 Å². The van der Waals surface area contributed by atoms with Crippen molar-refractivity contribution in [1.82, 2.24) is 19.7 Å². The molecule has 162 valence electrons. The number of rotatable bonds is 5. The average Bonchev–Trinajstić information content (AvgIpc) is 3.45. The molecule has 10 heteroatoms. The molecule has 4 aromatic rings. The number of amides is 2. The summed E-state index contributed by atoms with van der Waals surface area (Å²) in [6.45, 7) is 0. The van der Waals surface area contributed by atoms with Gasteiger partial charge in [-0.2, -0.15) is 0 Å². The van der Waals surface area contributed by atoms with Gasteiger partial charge < -0.3 is 10.2 Å². The number of para-hydroxylation sites is 1. The van der Waals surface area contributed by atoms with Crippen LogP contribution in [0.1, 0.15) is 10.6 Å². The lowest BCUT2D eigenvalue weighted by molar-refractivity contribution is 0.101. The van der Waals surface area contributed by atoms with E-state index in [9.17, 15) is 14.0 Å². The molecular weight excluding hydrogens is 449 g/mol. The number of benzene rings is 2. The Bertz CT molecular complexity index is 1250. The molecule has 7 nitrogen and oxygen atoms in total. The summed E-state index contributed by atoms with van der Waals surface area (Å²) < 4.78 is 14.9. The molecule has 0 aliphatic rings. The van der Waals surface area contributed by atoms with Crippen molar-refractivity contribution in [3.63, 3.8) is 0 Å². The lowest BCUT2D eigenvalue weighted by atomic mass is 10.3. The Hall–Kier alpha value is -3.50. The van der Waals surface area contributed by atoms with Crippen LogP contribution >= 0.6 is 23.1 Å². The maximum Gasteiger partial charge on any atom is 0.295 e. The van der Waals surface area contributed by atoms with Crippen molar-refractivity contribution in [2.45, 2.75) is 4.90 Å². The zero-order chi connectivity index (χ0) is 22.7. The third-order valence-electron chi connectivity index (χ3n) is 4.32. The van der Waals surface area contributed by atoms with Crippen LogP contribution in [0.2, 0.25) is 0 Å². The monoisotopic (exact) mass is 467 g/mol. The second-order valence-corrected chi connectivity index (χ2v) is 8.78. The summed E-state index contributed by atoms with van der Waals surface area (Å²) in [6.07, 6.45) is 0. The lowest BCUT2D eigenvalue weighted by Crippen LogP contribution is -2.17. The maximum absolute atomic E-state index is 13.4. The van der Waals surface area contributed by atoms with E-state index >= 15 is 0 Å². The first-order valence-electron chi connectivity index (χ1n) is 9.49. The van der Waals surface area contributed by atoms with Gasteiger partial charge in [-0.25, -0.2) is 14.1 Å². The van der Waals surface area contributed by atoms with E-state index < -0.39 is 5.91 Å². The molecule has 0 atom stereocenters. The minimum Gasteiger partial charge on any atom is -0.339 e. The van der Waals surface area contributed by atoms with E-state index in [0.29, 0.717) is 22.1 Å². The van der Waals surface area contributed by atoms with Gasteiger partial charge in [-0.05, 0) is 59.6 Å². The predicted octanol–water partition coefficient (Wildman–Crippen LogP) is 5.16. The van der Waals surface area contributed by atoms with Gasteiger partial charge in [-0.1, -0.05) is 18.2 Å². The lowest BCUT2D eigenvalue weighted by Gasteiger charge is -2.12. The van der Waals surface area contributed by atoms with E-state index in [-0.39, 0.29) is 16.9 Å². The first-order valence-corrected chi connectivity index (χ1v) is 11.2. The van der Waals surface area contributed by atoms with E-state index in [1.54, 1.807) is 50.5 Å². The highest BCUT2D eigenvalue weighted by Crippen LogP contribution is 2.30. The van der Waals surface area contributed by atoms with E-state index in [1.807, 2.05) is 17.5 Å². The first-order chi connectivity index (χ1) is 15.4. The van der Waals surface area contributed by atoms with Gasteiger partial charge in [0.2, 0.25) is 5.82 Å². The van der Waals surface area contributed by atoms with Crippen molar-refractivity contribution in [2.75, 3.05) is 19.4 Å². The number of nitrogens with one attached hydrogen (secondary N) is 1. The summed E-state index contributed by atoms with van der Waals surface area (Å²) in [4.78, 5) is 32.4. The Balaban J connectivity index is 1.66. The summed E-state index contributed by atoms with van der Waals surface area (Å²) in [5.74, 6) is -0.460. The van der Waals surface area contributed by atoms with Gasteiger partial charge in [-0.3, -0.25) is 9.59 Å². The molecule has 0 spiro atoms. The molecule has 2 aromatic carbocycles. The third kappa shape index (κ3) is 4.71. The normalized spacial score (nSPS) is 10.7. The van der Waals surface area contributed by atoms with Crippen LogP contribution < -0.4 is 5.32 Å². The van der Waals surface area contributed by atoms with Crippen LogP contribution in [0.3, 0.4) is 0 Å². The van der Waals surface area contributed by atoms with Gasteiger partial charge in [0, 0.05) is 19.0 Å². The summed E-state index contributed by atoms with van der Waals surface area (Å²) >= 11 is 2.47. The molecule has 0 fully saturated rings. The highest BCUT2D eigenvalue weighted by molar-refractivity contribution is 8.13. The molecule has 1 N–H and O–H groups in total. The van der Waals surface area contributed by atoms with Gasteiger partial charge in [0.25, 0.3) is 11.1 Å². The fourth-order valence-electron chi connectivity index (χ4n) is 2.76. The number of carbonyl (C=O) groups is 2. The minimum absolute atomic E-state index is 0.0449. The van der Waals surface area contributed by atoms with Gasteiger partial charge in [0.1, 0.15) is 5.82 Å². The van der Waals surface area contributed by atoms with E-state index in [1.165, 1.54) is 33.1 Å². The largest absolute Gasteiger partial charge is 0.339 e. The third-order valence-corrected chi connectivity index (χ3v) is 6.30. The van der Waals surface area contributed by atoms with Crippen molar-refractivity contribution >= 4 is 39.9 Å². The highest BCUT2D eigenvalue weighted by atomic mass is 32.2. The number of carbonyl (C=O) groups excluding carboxylic acids is 2. The maximum atomic E-state index is 13.4. The van der Waals surface area contributed by atoms with Crippen molar-refractivity contribution in [2.24, 2.45) is 0 Å². The van der Waals surface area contributed by atoms with E-state index in [0.717, 1.165) is 16.6 Å².